The van der Waals surface area contributed by atoms with E-state index in [2.05, 4.69) is 25.7 Å². The number of hydrogen-bond donors (Lipinski definition) is 1. The van der Waals surface area contributed by atoms with E-state index in [9.17, 15) is 14.7 Å². The zero-order chi connectivity index (χ0) is 19.6. The van der Waals surface area contributed by atoms with Crippen LogP contribution in [0.2, 0.25) is 0 Å². The Bertz CT molecular complexity index is 635. The van der Waals surface area contributed by atoms with Crippen LogP contribution in [0.25, 0.3) is 0 Å². The highest BCUT2D eigenvalue weighted by Gasteiger charge is 2.63. The van der Waals surface area contributed by atoms with E-state index in [0.29, 0.717) is 19.1 Å². The minimum Gasteiger partial charge on any atom is -0.465 e. The summed E-state index contributed by atoms with van der Waals surface area (Å²) in [4.78, 5) is 29.6. The van der Waals surface area contributed by atoms with E-state index in [-0.39, 0.29) is 28.7 Å². The lowest BCUT2D eigenvalue weighted by molar-refractivity contribution is -0.156. The van der Waals surface area contributed by atoms with Crippen LogP contribution < -0.4 is 0 Å². The van der Waals surface area contributed by atoms with Crippen molar-refractivity contribution in [2.75, 3.05) is 26.2 Å². The van der Waals surface area contributed by atoms with Crippen molar-refractivity contribution in [1.82, 2.24) is 14.7 Å². The molecule has 2 spiro atoms. The average Bonchev–Trinajstić information content (AvgIpc) is 2.72. The number of piperidine rings is 1. The van der Waals surface area contributed by atoms with Gasteiger partial charge in [0.25, 0.3) is 0 Å². The number of rotatable bonds is 3. The van der Waals surface area contributed by atoms with Gasteiger partial charge in [-0.05, 0) is 40.0 Å². The van der Waals surface area contributed by atoms with Gasteiger partial charge in [0, 0.05) is 56.5 Å². The van der Waals surface area contributed by atoms with Crippen LogP contribution in [0.15, 0.2) is 0 Å². The molecule has 0 aromatic carbocycles. The van der Waals surface area contributed by atoms with E-state index in [1.165, 1.54) is 0 Å². The molecule has 4 aliphatic rings. The number of amides is 2. The largest absolute Gasteiger partial charge is 0.465 e. The first-order valence-electron chi connectivity index (χ1n) is 10.4. The fourth-order valence-corrected chi connectivity index (χ4v) is 6.48. The zero-order valence-corrected chi connectivity index (χ0v) is 17.0. The maximum Gasteiger partial charge on any atom is 0.410 e. The molecule has 152 valence electrons. The van der Waals surface area contributed by atoms with Gasteiger partial charge in [-0.1, -0.05) is 6.92 Å². The number of carboxylic acid groups (broad SMARTS) is 1. The van der Waals surface area contributed by atoms with Gasteiger partial charge in [0.1, 0.15) is 5.60 Å². The van der Waals surface area contributed by atoms with Crippen LogP contribution >= 0.6 is 0 Å². The average molecular weight is 380 g/mol. The predicted octanol–water partition coefficient (Wildman–Crippen LogP) is 2.99. The SMILES string of the molecule is CCC1N(C(=O)O)CC12CC(N1CCC3(CC1)OC(=O)N(CC)C3(C)C)C2. The topological polar surface area (TPSA) is 73.3 Å². The van der Waals surface area contributed by atoms with Gasteiger partial charge in [0.2, 0.25) is 0 Å². The summed E-state index contributed by atoms with van der Waals surface area (Å²) in [5, 5.41) is 9.30. The van der Waals surface area contributed by atoms with E-state index < -0.39 is 6.09 Å². The van der Waals surface area contributed by atoms with Gasteiger partial charge in [-0.2, -0.15) is 0 Å². The Morgan fingerprint density at radius 3 is 2.33 bits per heavy atom. The number of hydrogen-bond acceptors (Lipinski definition) is 4. The Hall–Kier alpha value is -1.50. The van der Waals surface area contributed by atoms with Crippen molar-refractivity contribution in [2.45, 2.75) is 83.0 Å². The molecule has 7 heteroatoms. The van der Waals surface area contributed by atoms with Crippen LogP contribution in [0, 0.1) is 5.41 Å². The molecule has 0 radical (unpaired) electrons. The minimum atomic E-state index is -0.776. The second-order valence-corrected chi connectivity index (χ2v) is 9.46. The molecule has 27 heavy (non-hydrogen) atoms. The van der Waals surface area contributed by atoms with Crippen molar-refractivity contribution in [2.24, 2.45) is 5.41 Å². The molecule has 7 nitrogen and oxygen atoms in total. The molecule has 0 aromatic heterocycles. The van der Waals surface area contributed by atoms with Gasteiger partial charge in [-0.3, -0.25) is 4.90 Å². The van der Waals surface area contributed by atoms with E-state index in [1.807, 2.05) is 11.8 Å². The van der Waals surface area contributed by atoms with E-state index in [4.69, 9.17) is 4.74 Å². The lowest BCUT2D eigenvalue weighted by Gasteiger charge is -2.66. The summed E-state index contributed by atoms with van der Waals surface area (Å²) in [6.45, 7) is 11.7. The predicted molar refractivity (Wildman–Crippen MR) is 101 cm³/mol. The van der Waals surface area contributed by atoms with Crippen molar-refractivity contribution >= 4 is 12.2 Å². The third-order valence-electron chi connectivity index (χ3n) is 8.22. The Morgan fingerprint density at radius 2 is 1.85 bits per heavy atom. The molecule has 1 unspecified atom stereocenters. The fourth-order valence-electron chi connectivity index (χ4n) is 6.48. The molecule has 0 aromatic rings. The lowest BCUT2D eigenvalue weighted by atomic mass is 9.54. The normalized spacial score (nSPS) is 37.3. The highest BCUT2D eigenvalue weighted by Crippen LogP contribution is 2.56. The molecule has 4 rings (SSSR count). The number of ether oxygens (including phenoxy) is 1. The molecule has 1 aliphatic carbocycles. The summed E-state index contributed by atoms with van der Waals surface area (Å²) in [6.07, 6.45) is 3.92. The first kappa shape index (κ1) is 18.8. The van der Waals surface area contributed by atoms with Crippen LogP contribution in [-0.4, -0.2) is 81.4 Å². The standard InChI is InChI=1S/C20H33N3O4/c1-5-15-19(13-22(15)16(24)25)11-14(12-19)21-9-7-20(8-10-21)18(3,4)23(6-2)17(26)27-20/h14-15H,5-13H2,1-4H3,(H,24,25). The molecule has 3 aliphatic heterocycles. The van der Waals surface area contributed by atoms with Crippen LogP contribution in [0.5, 0.6) is 0 Å². The van der Waals surface area contributed by atoms with Crippen LogP contribution in [0.1, 0.15) is 59.8 Å². The minimum absolute atomic E-state index is 0.174. The quantitative estimate of drug-likeness (QED) is 0.816. The molecule has 1 saturated carbocycles. The number of carbonyl (C=O) groups excluding carboxylic acids is 1. The Morgan fingerprint density at radius 1 is 1.22 bits per heavy atom. The summed E-state index contributed by atoms with van der Waals surface area (Å²) in [5.41, 5.74) is -0.430. The smallest absolute Gasteiger partial charge is 0.410 e. The lowest BCUT2D eigenvalue weighted by Crippen LogP contribution is -2.73. The number of likely N-dealkylation sites (tertiary alicyclic amines) is 2. The highest BCUT2D eigenvalue weighted by atomic mass is 16.6. The summed E-state index contributed by atoms with van der Waals surface area (Å²) in [5.74, 6) is 0. The molecule has 3 saturated heterocycles. The molecule has 2 amide bonds. The van der Waals surface area contributed by atoms with E-state index in [0.717, 1.165) is 45.2 Å². The second-order valence-electron chi connectivity index (χ2n) is 9.46. The fraction of sp³-hybridized carbons (Fsp3) is 0.900. The Labute approximate surface area is 161 Å². The Kier molecular flexibility index (Phi) is 4.19. The summed E-state index contributed by atoms with van der Waals surface area (Å²) in [7, 11) is 0. The van der Waals surface area contributed by atoms with Gasteiger partial charge in [0.05, 0.1) is 5.54 Å². The van der Waals surface area contributed by atoms with Crippen molar-refractivity contribution < 1.29 is 19.4 Å². The van der Waals surface area contributed by atoms with Crippen molar-refractivity contribution in [3.63, 3.8) is 0 Å². The molecular weight excluding hydrogens is 346 g/mol. The molecular formula is C20H33N3O4. The van der Waals surface area contributed by atoms with Gasteiger partial charge in [0.15, 0.2) is 0 Å². The zero-order valence-electron chi connectivity index (χ0n) is 17.0. The van der Waals surface area contributed by atoms with Crippen LogP contribution in [0.4, 0.5) is 9.59 Å². The number of nitrogens with zero attached hydrogens (tertiary/aromatic N) is 3. The monoisotopic (exact) mass is 379 g/mol. The van der Waals surface area contributed by atoms with Gasteiger partial charge < -0.3 is 19.6 Å². The summed E-state index contributed by atoms with van der Waals surface area (Å²) in [6, 6.07) is 0.741. The first-order valence-corrected chi connectivity index (χ1v) is 10.4. The molecule has 3 heterocycles. The summed E-state index contributed by atoms with van der Waals surface area (Å²) >= 11 is 0. The van der Waals surface area contributed by atoms with Crippen molar-refractivity contribution in [3.05, 3.63) is 0 Å². The van der Waals surface area contributed by atoms with Crippen LogP contribution in [-0.2, 0) is 4.74 Å². The third kappa shape index (κ3) is 2.43. The third-order valence-corrected chi connectivity index (χ3v) is 8.22. The van der Waals surface area contributed by atoms with Gasteiger partial charge >= 0.3 is 12.2 Å². The maximum atomic E-state index is 12.3. The molecule has 1 atom stereocenters. The molecule has 0 bridgehead atoms. The van der Waals surface area contributed by atoms with Gasteiger partial charge in [-0.25, -0.2) is 9.59 Å². The Balaban J connectivity index is 1.35. The summed E-state index contributed by atoms with van der Waals surface area (Å²) < 4.78 is 5.92. The van der Waals surface area contributed by atoms with E-state index >= 15 is 0 Å². The van der Waals surface area contributed by atoms with Crippen molar-refractivity contribution in [1.29, 1.82) is 0 Å². The maximum absolute atomic E-state index is 12.3. The van der Waals surface area contributed by atoms with E-state index in [1.54, 1.807) is 4.90 Å². The molecule has 4 fully saturated rings. The van der Waals surface area contributed by atoms with Gasteiger partial charge in [-0.15, -0.1) is 0 Å². The second kappa shape index (κ2) is 6.00. The first-order chi connectivity index (χ1) is 12.7. The number of likely N-dealkylation sites (N-methyl/N-ethyl adjacent to an activating group) is 1. The number of carbonyl (C=O) groups is 2. The highest BCUT2D eigenvalue weighted by molar-refractivity contribution is 5.72. The van der Waals surface area contributed by atoms with Crippen molar-refractivity contribution in [3.8, 4) is 0 Å². The van der Waals surface area contributed by atoms with Crippen LogP contribution in [0.3, 0.4) is 0 Å². The molecule has 1 N–H and O–H groups in total.